The summed E-state index contributed by atoms with van der Waals surface area (Å²) in [6.07, 6.45) is 0.282. The Bertz CT molecular complexity index is 781. The molecule has 9 nitrogen and oxygen atoms in total. The quantitative estimate of drug-likeness (QED) is 0.781. The lowest BCUT2D eigenvalue weighted by Crippen LogP contribution is -2.38. The molecule has 1 aromatic heterocycles. The molecule has 0 bridgehead atoms. The Balaban J connectivity index is 1.95. The van der Waals surface area contributed by atoms with Gasteiger partial charge in [-0.2, -0.15) is 0 Å². The van der Waals surface area contributed by atoms with Gasteiger partial charge in [0.25, 0.3) is 5.56 Å². The Hall–Kier alpha value is -1.97. The van der Waals surface area contributed by atoms with Gasteiger partial charge in [-0.05, 0) is 20.3 Å². The van der Waals surface area contributed by atoms with Crippen LogP contribution in [0, 0.1) is 0 Å². The van der Waals surface area contributed by atoms with E-state index in [-0.39, 0.29) is 24.4 Å². The van der Waals surface area contributed by atoms with Gasteiger partial charge in [-0.3, -0.25) is 19.1 Å². The monoisotopic (exact) mass is 354 g/mol. The molecule has 0 aromatic carbocycles. The smallest absolute Gasteiger partial charge is 0.330 e. The van der Waals surface area contributed by atoms with E-state index < -0.39 is 35.3 Å². The number of H-pyrrole nitrogens is 1. The first-order valence-corrected chi connectivity index (χ1v) is 8.20. The molecule has 2 fully saturated rings. The summed E-state index contributed by atoms with van der Waals surface area (Å²) in [7, 11) is 0. The summed E-state index contributed by atoms with van der Waals surface area (Å²) >= 11 is 0. The Morgan fingerprint density at radius 2 is 2.00 bits per heavy atom. The molecule has 1 unspecified atom stereocenters. The highest BCUT2D eigenvalue weighted by Gasteiger charge is 2.55. The van der Waals surface area contributed by atoms with E-state index in [9.17, 15) is 14.4 Å². The number of hydrogen-bond acceptors (Lipinski definition) is 7. The molecule has 2 aliphatic heterocycles. The van der Waals surface area contributed by atoms with Crippen LogP contribution in [0.4, 0.5) is 0 Å². The third-order valence-corrected chi connectivity index (χ3v) is 4.27. The fraction of sp³-hybridized carbons (Fsp3) is 0.688. The third kappa shape index (κ3) is 3.39. The third-order valence-electron chi connectivity index (χ3n) is 4.27. The second-order valence-corrected chi connectivity index (χ2v) is 6.64. The van der Waals surface area contributed by atoms with E-state index in [1.54, 1.807) is 13.8 Å². The lowest BCUT2D eigenvalue weighted by molar-refractivity contribution is -0.197. The molecule has 0 amide bonds. The summed E-state index contributed by atoms with van der Waals surface area (Å²) in [4.78, 5) is 37.4. The topological polar surface area (TPSA) is 109 Å². The highest BCUT2D eigenvalue weighted by Crippen LogP contribution is 2.43. The molecule has 1 N–H and O–H groups in total. The van der Waals surface area contributed by atoms with Gasteiger partial charge >= 0.3 is 11.7 Å². The van der Waals surface area contributed by atoms with E-state index in [1.165, 1.54) is 17.7 Å². The first-order chi connectivity index (χ1) is 11.7. The van der Waals surface area contributed by atoms with Gasteiger partial charge in [0.2, 0.25) is 0 Å². The SMILES string of the molecule is CC[C@H]1O[C@@H](n2cc(COC(C)=O)c(=O)[nH]c2=O)C2OC(C)(C)O[C@H]21. The molecule has 25 heavy (non-hydrogen) atoms. The number of fused-ring (bicyclic) bond motifs is 1. The molecule has 9 heteroatoms. The van der Waals surface area contributed by atoms with Crippen molar-refractivity contribution in [1.29, 1.82) is 0 Å². The lowest BCUT2D eigenvalue weighted by atomic mass is 10.1. The molecule has 0 aliphatic carbocycles. The highest BCUT2D eigenvalue weighted by molar-refractivity contribution is 5.65. The second kappa shape index (κ2) is 6.40. The van der Waals surface area contributed by atoms with Gasteiger partial charge in [0.1, 0.15) is 18.8 Å². The van der Waals surface area contributed by atoms with E-state index in [0.717, 1.165) is 0 Å². The van der Waals surface area contributed by atoms with Crippen molar-refractivity contribution in [3.8, 4) is 0 Å². The predicted molar refractivity (Wildman–Crippen MR) is 84.8 cm³/mol. The number of aromatic amines is 1. The van der Waals surface area contributed by atoms with Crippen LogP contribution < -0.4 is 11.2 Å². The van der Waals surface area contributed by atoms with E-state index in [4.69, 9.17) is 18.9 Å². The maximum atomic E-state index is 12.3. The molecule has 1 aromatic rings. The predicted octanol–water partition coefficient (Wildman–Crippen LogP) is 0.427. The van der Waals surface area contributed by atoms with Crippen LogP contribution in [-0.2, 0) is 30.3 Å². The first-order valence-electron chi connectivity index (χ1n) is 8.20. The summed E-state index contributed by atoms with van der Waals surface area (Å²) in [6, 6.07) is 0. The number of carbonyl (C=O) groups is 1. The van der Waals surface area contributed by atoms with Crippen molar-refractivity contribution in [1.82, 2.24) is 9.55 Å². The minimum atomic E-state index is -0.781. The largest absolute Gasteiger partial charge is 0.461 e. The van der Waals surface area contributed by atoms with Crippen LogP contribution in [-0.4, -0.2) is 39.6 Å². The number of rotatable bonds is 4. The number of carbonyl (C=O) groups excluding carboxylic acids is 1. The van der Waals surface area contributed by atoms with Crippen molar-refractivity contribution >= 4 is 5.97 Å². The van der Waals surface area contributed by atoms with Crippen molar-refractivity contribution in [2.24, 2.45) is 0 Å². The summed E-state index contributed by atoms with van der Waals surface area (Å²) in [5.74, 6) is -1.30. The minimum absolute atomic E-state index is 0.146. The lowest BCUT2D eigenvalue weighted by Gasteiger charge is -2.24. The average Bonchev–Trinajstić information content (AvgIpc) is 2.99. The van der Waals surface area contributed by atoms with Crippen LogP contribution in [0.1, 0.15) is 45.9 Å². The van der Waals surface area contributed by atoms with Crippen molar-refractivity contribution in [3.63, 3.8) is 0 Å². The molecule has 0 spiro atoms. The summed E-state index contributed by atoms with van der Waals surface area (Å²) in [6.45, 7) is 6.58. The highest BCUT2D eigenvalue weighted by atomic mass is 16.8. The van der Waals surface area contributed by atoms with E-state index in [0.29, 0.717) is 6.42 Å². The molecule has 0 radical (unpaired) electrons. The molecule has 3 rings (SSSR count). The molecule has 0 saturated carbocycles. The summed E-state index contributed by atoms with van der Waals surface area (Å²) < 4.78 is 23.9. The fourth-order valence-electron chi connectivity index (χ4n) is 3.21. The zero-order valence-electron chi connectivity index (χ0n) is 14.6. The number of nitrogens with one attached hydrogen (secondary N) is 1. The number of hydrogen-bond donors (Lipinski definition) is 1. The number of aromatic nitrogens is 2. The van der Waals surface area contributed by atoms with E-state index in [1.807, 2.05) is 6.92 Å². The standard InChI is InChI=1S/C16H22N2O7/c1-5-10-11-12(25-16(3,4)24-11)14(23-10)18-6-9(7-22-8(2)19)13(20)17-15(18)21/h6,10-12,14H,5,7H2,1-4H3,(H,17,20,21)/t10-,11+,12?,14-/m1/s1. The molecule has 2 aliphatic rings. The van der Waals surface area contributed by atoms with Crippen LogP contribution >= 0.6 is 0 Å². The Morgan fingerprint density at radius 1 is 1.32 bits per heavy atom. The normalized spacial score (nSPS) is 30.2. The molecular formula is C16H22N2O7. The van der Waals surface area contributed by atoms with Crippen LogP contribution in [0.25, 0.3) is 0 Å². The van der Waals surface area contributed by atoms with Crippen LogP contribution in [0.2, 0.25) is 0 Å². The van der Waals surface area contributed by atoms with Gasteiger partial charge in [-0.15, -0.1) is 0 Å². The van der Waals surface area contributed by atoms with Crippen LogP contribution in [0.15, 0.2) is 15.8 Å². The first kappa shape index (κ1) is 17.8. The van der Waals surface area contributed by atoms with Crippen molar-refractivity contribution < 1.29 is 23.7 Å². The van der Waals surface area contributed by atoms with Crippen LogP contribution in [0.3, 0.4) is 0 Å². The Morgan fingerprint density at radius 3 is 2.64 bits per heavy atom. The van der Waals surface area contributed by atoms with Gasteiger partial charge in [0.05, 0.1) is 11.7 Å². The van der Waals surface area contributed by atoms with Gasteiger partial charge in [-0.25, -0.2) is 4.79 Å². The maximum Gasteiger partial charge on any atom is 0.330 e. The fourth-order valence-corrected chi connectivity index (χ4v) is 3.21. The molecule has 138 valence electrons. The average molecular weight is 354 g/mol. The van der Waals surface area contributed by atoms with Crippen molar-refractivity contribution in [2.45, 2.75) is 71.0 Å². The number of nitrogens with zero attached hydrogens (tertiary/aromatic N) is 1. The molecule has 2 saturated heterocycles. The second-order valence-electron chi connectivity index (χ2n) is 6.64. The molecular weight excluding hydrogens is 332 g/mol. The van der Waals surface area contributed by atoms with Crippen molar-refractivity contribution in [3.05, 3.63) is 32.6 Å². The van der Waals surface area contributed by atoms with Crippen molar-refractivity contribution in [2.75, 3.05) is 0 Å². The zero-order chi connectivity index (χ0) is 18.4. The minimum Gasteiger partial charge on any atom is -0.461 e. The van der Waals surface area contributed by atoms with E-state index in [2.05, 4.69) is 4.98 Å². The van der Waals surface area contributed by atoms with Gasteiger partial charge in [-0.1, -0.05) is 6.92 Å². The molecule has 3 heterocycles. The summed E-state index contributed by atoms with van der Waals surface area (Å²) in [5.41, 5.74) is -1.08. The van der Waals surface area contributed by atoms with Gasteiger partial charge in [0.15, 0.2) is 12.0 Å². The van der Waals surface area contributed by atoms with Gasteiger partial charge in [0, 0.05) is 13.1 Å². The zero-order valence-corrected chi connectivity index (χ0v) is 14.6. The van der Waals surface area contributed by atoms with Crippen LogP contribution in [0.5, 0.6) is 0 Å². The van der Waals surface area contributed by atoms with E-state index >= 15 is 0 Å². The van der Waals surface area contributed by atoms with Gasteiger partial charge < -0.3 is 18.9 Å². The number of ether oxygens (including phenoxy) is 4. The Kier molecular flexibility index (Phi) is 4.56. The maximum absolute atomic E-state index is 12.3. The Labute approximate surface area is 143 Å². The number of esters is 1. The molecule has 4 atom stereocenters. The summed E-state index contributed by atoms with van der Waals surface area (Å²) in [5, 5.41) is 0.